The summed E-state index contributed by atoms with van der Waals surface area (Å²) < 4.78 is 38.2. The van der Waals surface area contributed by atoms with Gasteiger partial charge in [0, 0.05) is 11.8 Å². The Morgan fingerprint density at radius 2 is 1.85 bits per heavy atom. The number of aromatic amines is 1. The minimum atomic E-state index is -4.74. The van der Waals surface area contributed by atoms with E-state index in [9.17, 15) is 22.8 Å². The van der Waals surface area contributed by atoms with E-state index in [1.54, 1.807) is 18.2 Å². The number of carbonyl (C=O) groups excluding carboxylic acids is 1. The summed E-state index contributed by atoms with van der Waals surface area (Å²) in [5, 5.41) is 2.02. The van der Waals surface area contributed by atoms with Gasteiger partial charge in [-0.3, -0.25) is 9.78 Å². The third-order valence-electron chi connectivity index (χ3n) is 2.39. The minimum absolute atomic E-state index is 0.165. The van der Waals surface area contributed by atoms with Crippen LogP contribution in [0.2, 0.25) is 0 Å². The maximum Gasteiger partial charge on any atom is 0.421 e. The van der Waals surface area contributed by atoms with Crippen molar-refractivity contribution >= 4 is 11.7 Å². The Morgan fingerprint density at radius 1 is 1.20 bits per heavy atom. The van der Waals surface area contributed by atoms with Crippen molar-refractivity contribution in [3.8, 4) is 0 Å². The summed E-state index contributed by atoms with van der Waals surface area (Å²) >= 11 is 0. The van der Waals surface area contributed by atoms with Crippen LogP contribution in [0.1, 0.15) is 15.9 Å². The van der Waals surface area contributed by atoms with E-state index in [-0.39, 0.29) is 5.56 Å². The van der Waals surface area contributed by atoms with Crippen molar-refractivity contribution in [2.24, 2.45) is 0 Å². The molecule has 1 heterocycles. The van der Waals surface area contributed by atoms with Crippen LogP contribution in [-0.2, 0) is 6.18 Å². The fourth-order valence-corrected chi connectivity index (χ4v) is 1.48. The zero-order valence-corrected chi connectivity index (χ0v) is 9.86. The maximum absolute atomic E-state index is 12.7. The standard InChI is InChI=1S/C12H8F3N3O2/c13-12(14,15)8-6-16-11(20)18-9(8)17-10(19)7-4-2-1-3-5-7/h1-6H,(H2,16,17,18,19,20). The number of carbonyl (C=O) groups is 1. The summed E-state index contributed by atoms with van der Waals surface area (Å²) in [5.74, 6) is -1.50. The van der Waals surface area contributed by atoms with Gasteiger partial charge in [-0.15, -0.1) is 0 Å². The van der Waals surface area contributed by atoms with Crippen LogP contribution in [0.15, 0.2) is 41.3 Å². The maximum atomic E-state index is 12.7. The molecule has 0 fully saturated rings. The number of benzene rings is 1. The van der Waals surface area contributed by atoms with E-state index in [4.69, 9.17) is 0 Å². The van der Waals surface area contributed by atoms with E-state index < -0.39 is 29.2 Å². The monoisotopic (exact) mass is 283 g/mol. The molecule has 0 radical (unpaired) electrons. The van der Waals surface area contributed by atoms with Crippen LogP contribution in [-0.4, -0.2) is 15.9 Å². The lowest BCUT2D eigenvalue weighted by Crippen LogP contribution is -2.23. The van der Waals surface area contributed by atoms with Crippen LogP contribution in [0.3, 0.4) is 0 Å². The summed E-state index contributed by atoms with van der Waals surface area (Å²) in [4.78, 5) is 27.7. The Kier molecular flexibility index (Phi) is 3.55. The molecule has 1 amide bonds. The lowest BCUT2D eigenvalue weighted by Gasteiger charge is -2.12. The minimum Gasteiger partial charge on any atom is -0.307 e. The number of rotatable bonds is 2. The number of amides is 1. The van der Waals surface area contributed by atoms with Crippen molar-refractivity contribution in [2.45, 2.75) is 6.18 Å². The van der Waals surface area contributed by atoms with E-state index in [2.05, 4.69) is 4.98 Å². The Bertz CT molecular complexity index is 680. The Labute approximate surface area is 110 Å². The topological polar surface area (TPSA) is 74.8 Å². The van der Waals surface area contributed by atoms with Crippen molar-refractivity contribution in [1.82, 2.24) is 9.97 Å². The summed E-state index contributed by atoms with van der Waals surface area (Å²) in [6.45, 7) is 0. The highest BCUT2D eigenvalue weighted by molar-refractivity contribution is 6.04. The molecule has 2 rings (SSSR count). The summed E-state index contributed by atoms with van der Waals surface area (Å²) in [6, 6.07) is 7.65. The molecule has 104 valence electrons. The van der Waals surface area contributed by atoms with Crippen LogP contribution in [0.4, 0.5) is 19.0 Å². The Morgan fingerprint density at radius 3 is 2.45 bits per heavy atom. The first-order chi connectivity index (χ1) is 9.38. The van der Waals surface area contributed by atoms with Crippen LogP contribution < -0.4 is 11.0 Å². The average Bonchev–Trinajstić information content (AvgIpc) is 2.38. The van der Waals surface area contributed by atoms with Gasteiger partial charge in [0.1, 0.15) is 11.4 Å². The van der Waals surface area contributed by atoms with E-state index >= 15 is 0 Å². The number of halogens is 3. The van der Waals surface area contributed by atoms with E-state index in [0.29, 0.717) is 6.20 Å². The van der Waals surface area contributed by atoms with Gasteiger partial charge in [0.2, 0.25) is 0 Å². The fraction of sp³-hybridized carbons (Fsp3) is 0.0833. The fourth-order valence-electron chi connectivity index (χ4n) is 1.48. The van der Waals surface area contributed by atoms with Crippen molar-refractivity contribution in [1.29, 1.82) is 0 Å². The van der Waals surface area contributed by atoms with E-state index in [1.807, 2.05) is 10.3 Å². The third-order valence-corrected chi connectivity index (χ3v) is 2.39. The predicted octanol–water partition coefficient (Wildman–Crippen LogP) is 2.04. The number of nitrogens with one attached hydrogen (secondary N) is 2. The Hall–Kier alpha value is -2.64. The number of alkyl halides is 3. The molecular formula is C12H8F3N3O2. The van der Waals surface area contributed by atoms with Gasteiger partial charge in [0.05, 0.1) is 0 Å². The second-order valence-corrected chi connectivity index (χ2v) is 3.79. The Balaban J connectivity index is 2.36. The molecule has 1 aromatic heterocycles. The van der Waals surface area contributed by atoms with Gasteiger partial charge in [0.25, 0.3) is 5.91 Å². The van der Waals surface area contributed by atoms with Crippen molar-refractivity contribution in [2.75, 3.05) is 5.32 Å². The quantitative estimate of drug-likeness (QED) is 0.885. The molecule has 2 aromatic rings. The number of aromatic nitrogens is 2. The normalized spacial score (nSPS) is 11.2. The molecule has 0 saturated carbocycles. The number of hydrogen-bond donors (Lipinski definition) is 2. The molecule has 1 aromatic carbocycles. The first-order valence-corrected chi connectivity index (χ1v) is 5.41. The number of nitrogens with zero attached hydrogens (tertiary/aromatic N) is 1. The average molecular weight is 283 g/mol. The molecule has 0 atom stereocenters. The van der Waals surface area contributed by atoms with Crippen LogP contribution in [0, 0.1) is 0 Å². The molecule has 0 aliphatic rings. The lowest BCUT2D eigenvalue weighted by atomic mass is 10.2. The molecule has 2 N–H and O–H groups in total. The molecule has 5 nitrogen and oxygen atoms in total. The SMILES string of the molecule is O=C(Nc1[nH]c(=O)ncc1C(F)(F)F)c1ccccc1. The highest BCUT2D eigenvalue weighted by Crippen LogP contribution is 2.32. The zero-order chi connectivity index (χ0) is 14.8. The second kappa shape index (κ2) is 5.16. The van der Waals surface area contributed by atoms with E-state index in [0.717, 1.165) is 0 Å². The van der Waals surface area contributed by atoms with Gasteiger partial charge < -0.3 is 5.32 Å². The van der Waals surface area contributed by atoms with Crippen molar-refractivity contribution in [3.63, 3.8) is 0 Å². The van der Waals surface area contributed by atoms with Gasteiger partial charge in [-0.25, -0.2) is 9.78 Å². The van der Waals surface area contributed by atoms with Crippen molar-refractivity contribution in [3.05, 3.63) is 58.1 Å². The molecule has 0 unspecified atom stereocenters. The molecular weight excluding hydrogens is 275 g/mol. The van der Waals surface area contributed by atoms with Gasteiger partial charge in [-0.05, 0) is 12.1 Å². The zero-order valence-electron chi connectivity index (χ0n) is 9.86. The van der Waals surface area contributed by atoms with E-state index in [1.165, 1.54) is 12.1 Å². The van der Waals surface area contributed by atoms with Gasteiger partial charge in [-0.2, -0.15) is 13.2 Å². The second-order valence-electron chi connectivity index (χ2n) is 3.79. The smallest absolute Gasteiger partial charge is 0.307 e. The van der Waals surface area contributed by atoms with Gasteiger partial charge in [0.15, 0.2) is 0 Å². The molecule has 8 heteroatoms. The molecule has 0 saturated heterocycles. The summed E-state index contributed by atoms with van der Waals surface area (Å²) in [5.41, 5.74) is -2.04. The summed E-state index contributed by atoms with van der Waals surface area (Å²) in [7, 11) is 0. The van der Waals surface area contributed by atoms with Gasteiger partial charge >= 0.3 is 11.9 Å². The van der Waals surface area contributed by atoms with Crippen LogP contribution in [0.5, 0.6) is 0 Å². The molecule has 0 bridgehead atoms. The van der Waals surface area contributed by atoms with Gasteiger partial charge in [-0.1, -0.05) is 18.2 Å². The van der Waals surface area contributed by atoms with Crippen LogP contribution >= 0.6 is 0 Å². The first-order valence-electron chi connectivity index (χ1n) is 5.41. The number of anilines is 1. The highest BCUT2D eigenvalue weighted by atomic mass is 19.4. The molecule has 0 aliphatic carbocycles. The largest absolute Gasteiger partial charge is 0.421 e. The third kappa shape index (κ3) is 3.02. The first kappa shape index (κ1) is 13.8. The van der Waals surface area contributed by atoms with Crippen molar-refractivity contribution < 1.29 is 18.0 Å². The van der Waals surface area contributed by atoms with Crippen LogP contribution in [0.25, 0.3) is 0 Å². The predicted molar refractivity (Wildman–Crippen MR) is 64.3 cm³/mol. The lowest BCUT2D eigenvalue weighted by molar-refractivity contribution is -0.137. The molecule has 0 aliphatic heterocycles. The molecule has 0 spiro atoms. The molecule has 20 heavy (non-hydrogen) atoms. The number of hydrogen-bond acceptors (Lipinski definition) is 3. The number of H-pyrrole nitrogens is 1. The highest BCUT2D eigenvalue weighted by Gasteiger charge is 2.35. The summed E-state index contributed by atoms with van der Waals surface area (Å²) in [6.07, 6.45) is -4.37.